The van der Waals surface area contributed by atoms with Crippen LogP contribution in [0.4, 0.5) is 5.13 Å². The molecule has 7 heteroatoms. The van der Waals surface area contributed by atoms with Gasteiger partial charge in [-0.1, -0.05) is 28.3 Å². The van der Waals surface area contributed by atoms with Gasteiger partial charge in [0.05, 0.1) is 11.1 Å². The molecule has 0 fully saturated rings. The molecule has 6 nitrogen and oxygen atoms in total. The second-order valence-electron chi connectivity index (χ2n) is 3.27. The molecule has 2 aromatic heterocycles. The maximum Gasteiger partial charge on any atom is 0.279 e. The number of anilines is 1. The second-order valence-corrected chi connectivity index (χ2v) is 4.30. The number of aliphatic hydroxyl groups excluding tert-OH is 1. The van der Waals surface area contributed by atoms with E-state index in [4.69, 9.17) is 9.63 Å². The van der Waals surface area contributed by atoms with Crippen LogP contribution in [0.3, 0.4) is 0 Å². The van der Waals surface area contributed by atoms with Crippen LogP contribution < -0.4 is 5.32 Å². The molecule has 0 bridgehead atoms. The Morgan fingerprint density at radius 2 is 2.50 bits per heavy atom. The van der Waals surface area contributed by atoms with Crippen LogP contribution in [0.15, 0.2) is 16.8 Å². The number of rotatable bonds is 2. The van der Waals surface area contributed by atoms with Gasteiger partial charge < -0.3 is 9.63 Å². The van der Waals surface area contributed by atoms with Crippen molar-refractivity contribution in [2.75, 3.05) is 11.9 Å². The van der Waals surface area contributed by atoms with Crippen LogP contribution in [0.25, 0.3) is 0 Å². The molecule has 0 saturated carbocycles. The molecule has 1 amide bonds. The molecule has 2 aromatic rings. The highest BCUT2D eigenvalue weighted by Gasteiger charge is 2.12. The molecule has 92 valence electrons. The Labute approximate surface area is 107 Å². The van der Waals surface area contributed by atoms with Crippen molar-refractivity contribution in [2.45, 2.75) is 6.92 Å². The Morgan fingerprint density at radius 1 is 1.67 bits per heavy atom. The summed E-state index contributed by atoms with van der Waals surface area (Å²) in [5.41, 5.74) is 0.200. The van der Waals surface area contributed by atoms with E-state index in [2.05, 4.69) is 27.3 Å². The predicted octanol–water partition coefficient (Wildman–Crippen LogP) is 1.04. The first-order valence-electron chi connectivity index (χ1n) is 4.99. The molecule has 0 atom stereocenters. The number of hydrogen-bond acceptors (Lipinski definition) is 6. The van der Waals surface area contributed by atoms with E-state index in [0.717, 1.165) is 0 Å². The van der Waals surface area contributed by atoms with Gasteiger partial charge in [0.2, 0.25) is 0 Å². The average molecular weight is 263 g/mol. The van der Waals surface area contributed by atoms with E-state index in [-0.39, 0.29) is 18.2 Å². The predicted molar refractivity (Wildman–Crippen MR) is 65.3 cm³/mol. The monoisotopic (exact) mass is 263 g/mol. The van der Waals surface area contributed by atoms with Gasteiger partial charge in [-0.2, -0.15) is 0 Å². The zero-order chi connectivity index (χ0) is 13.0. The van der Waals surface area contributed by atoms with Crippen LogP contribution in [0.1, 0.15) is 21.1 Å². The van der Waals surface area contributed by atoms with Gasteiger partial charge in [-0.25, -0.2) is 4.98 Å². The van der Waals surface area contributed by atoms with Crippen molar-refractivity contribution in [1.29, 1.82) is 0 Å². The topological polar surface area (TPSA) is 88.2 Å². The van der Waals surface area contributed by atoms with Gasteiger partial charge in [0.15, 0.2) is 10.8 Å². The number of aromatic nitrogens is 2. The average Bonchev–Trinajstić information content (AvgIpc) is 2.96. The molecule has 0 aliphatic carbocycles. The summed E-state index contributed by atoms with van der Waals surface area (Å²) in [4.78, 5) is 16.4. The van der Waals surface area contributed by atoms with Gasteiger partial charge in [0, 0.05) is 6.07 Å². The maximum absolute atomic E-state index is 11.7. The largest absolute Gasteiger partial charge is 0.384 e. The minimum Gasteiger partial charge on any atom is -0.384 e. The van der Waals surface area contributed by atoms with Crippen molar-refractivity contribution in [3.05, 3.63) is 28.6 Å². The lowest BCUT2D eigenvalue weighted by Gasteiger charge is -1.95. The summed E-state index contributed by atoms with van der Waals surface area (Å²) in [5, 5.41) is 15.2. The lowest BCUT2D eigenvalue weighted by Crippen LogP contribution is -2.11. The summed E-state index contributed by atoms with van der Waals surface area (Å²) in [6.45, 7) is 1.49. The number of nitrogens with one attached hydrogen (secondary N) is 1. The van der Waals surface area contributed by atoms with Crippen molar-refractivity contribution >= 4 is 22.4 Å². The highest BCUT2D eigenvalue weighted by molar-refractivity contribution is 7.16. The third-order valence-corrected chi connectivity index (χ3v) is 2.71. The smallest absolute Gasteiger partial charge is 0.279 e. The van der Waals surface area contributed by atoms with Crippen molar-refractivity contribution in [1.82, 2.24) is 10.1 Å². The highest BCUT2D eigenvalue weighted by atomic mass is 32.1. The second kappa shape index (κ2) is 5.44. The number of carbonyl (C=O) groups excluding carboxylic acids is 1. The zero-order valence-corrected chi connectivity index (χ0v) is 10.2. The van der Waals surface area contributed by atoms with Gasteiger partial charge >= 0.3 is 0 Å². The SMILES string of the molecule is Cc1cc(C(=O)Nc2ncc(C#CCO)s2)no1. The fourth-order valence-electron chi connectivity index (χ4n) is 1.15. The lowest BCUT2D eigenvalue weighted by atomic mass is 10.4. The molecule has 0 saturated heterocycles. The number of aryl methyl sites for hydroxylation is 1. The number of carbonyl (C=O) groups is 1. The third kappa shape index (κ3) is 2.94. The van der Waals surface area contributed by atoms with E-state index in [1.54, 1.807) is 6.92 Å². The van der Waals surface area contributed by atoms with Gasteiger partial charge in [0.1, 0.15) is 12.4 Å². The van der Waals surface area contributed by atoms with Gasteiger partial charge in [-0.05, 0) is 6.92 Å². The molecule has 0 unspecified atom stereocenters. The number of aliphatic hydroxyl groups is 1. The van der Waals surface area contributed by atoms with Crippen molar-refractivity contribution in [3.63, 3.8) is 0 Å². The minimum atomic E-state index is -0.386. The molecule has 2 heterocycles. The van der Waals surface area contributed by atoms with Gasteiger partial charge in [-0.15, -0.1) is 0 Å². The number of hydrogen-bond donors (Lipinski definition) is 2. The van der Waals surface area contributed by atoms with E-state index in [1.807, 2.05) is 0 Å². The van der Waals surface area contributed by atoms with E-state index in [0.29, 0.717) is 15.8 Å². The summed E-state index contributed by atoms with van der Waals surface area (Å²) in [7, 11) is 0. The van der Waals surface area contributed by atoms with Crippen LogP contribution in [-0.4, -0.2) is 27.8 Å². The molecular formula is C11H9N3O3S. The fraction of sp³-hybridized carbons (Fsp3) is 0.182. The molecule has 0 aliphatic heterocycles. The van der Waals surface area contributed by atoms with Crippen LogP contribution in [0.5, 0.6) is 0 Å². The van der Waals surface area contributed by atoms with Crippen molar-refractivity contribution in [3.8, 4) is 11.8 Å². The first-order valence-corrected chi connectivity index (χ1v) is 5.81. The Hall–Kier alpha value is -2.17. The quantitative estimate of drug-likeness (QED) is 0.790. The number of thiazole rings is 1. The molecule has 18 heavy (non-hydrogen) atoms. The molecule has 0 spiro atoms. The zero-order valence-electron chi connectivity index (χ0n) is 9.43. The summed E-state index contributed by atoms with van der Waals surface area (Å²) in [6, 6.07) is 1.54. The van der Waals surface area contributed by atoms with Crippen LogP contribution in [0, 0.1) is 18.8 Å². The number of nitrogens with zero attached hydrogens (tertiary/aromatic N) is 2. The maximum atomic E-state index is 11.7. The van der Waals surface area contributed by atoms with Crippen LogP contribution in [0.2, 0.25) is 0 Å². The fourth-order valence-corrected chi connectivity index (χ4v) is 1.84. The molecule has 2 rings (SSSR count). The van der Waals surface area contributed by atoms with Crippen molar-refractivity contribution in [2.24, 2.45) is 0 Å². The van der Waals surface area contributed by atoms with Gasteiger partial charge in [-0.3, -0.25) is 10.1 Å². The summed E-state index contributed by atoms with van der Waals surface area (Å²) < 4.78 is 4.80. The van der Waals surface area contributed by atoms with E-state index >= 15 is 0 Å². The molecule has 0 radical (unpaired) electrons. The van der Waals surface area contributed by atoms with Crippen LogP contribution in [-0.2, 0) is 0 Å². The summed E-state index contributed by atoms with van der Waals surface area (Å²) in [5.74, 6) is 5.38. The Kier molecular flexibility index (Phi) is 3.72. The number of amides is 1. The molecule has 2 N–H and O–H groups in total. The Bertz CT molecular complexity index is 621. The van der Waals surface area contributed by atoms with E-state index in [1.165, 1.54) is 23.6 Å². The van der Waals surface area contributed by atoms with E-state index < -0.39 is 0 Å². The third-order valence-electron chi connectivity index (χ3n) is 1.88. The standard InChI is InChI=1S/C11H9N3O3S/c1-7-5-9(14-17-7)10(16)13-11-12-6-8(18-11)3-2-4-15/h5-6,15H,4H2,1H3,(H,12,13,16). The Balaban J connectivity index is 2.05. The normalized spacial score (nSPS) is 9.67. The first kappa shape index (κ1) is 12.3. The lowest BCUT2D eigenvalue weighted by molar-refractivity contribution is 0.101. The van der Waals surface area contributed by atoms with Crippen molar-refractivity contribution < 1.29 is 14.4 Å². The van der Waals surface area contributed by atoms with E-state index in [9.17, 15) is 4.79 Å². The summed E-state index contributed by atoms with van der Waals surface area (Å²) >= 11 is 1.22. The molecular weight excluding hydrogens is 254 g/mol. The van der Waals surface area contributed by atoms with Crippen LogP contribution >= 0.6 is 11.3 Å². The summed E-state index contributed by atoms with van der Waals surface area (Å²) in [6.07, 6.45) is 1.52. The molecule has 0 aromatic carbocycles. The Morgan fingerprint density at radius 3 is 3.17 bits per heavy atom. The first-order chi connectivity index (χ1) is 8.69. The van der Waals surface area contributed by atoms with Gasteiger partial charge in [0.25, 0.3) is 5.91 Å². The minimum absolute atomic E-state index is 0.200. The highest BCUT2D eigenvalue weighted by Crippen LogP contribution is 2.17. The molecule has 0 aliphatic rings.